The maximum absolute atomic E-state index is 11.1. The number of allylic oxidation sites excluding steroid dienone is 1. The van der Waals surface area contributed by atoms with Crippen molar-refractivity contribution >= 4 is 29.0 Å². The molecule has 2 heteroatoms. The topological polar surface area (TPSA) is 17.1 Å². The van der Waals surface area contributed by atoms with Crippen molar-refractivity contribution in [2.45, 2.75) is 6.92 Å². The molecule has 0 aromatic heterocycles. The molecule has 0 amide bonds. The third-order valence-corrected chi connectivity index (χ3v) is 2.11. The first-order valence-corrected chi connectivity index (χ1v) is 4.66. The Hall–Kier alpha value is -1.34. The quantitative estimate of drug-likeness (QED) is 0.689. The van der Waals surface area contributed by atoms with Gasteiger partial charge in [-0.15, -0.1) is 0 Å². The van der Waals surface area contributed by atoms with Gasteiger partial charge in [0, 0.05) is 5.56 Å². The normalized spacial score (nSPS) is 10.4. The van der Waals surface area contributed by atoms with Crippen molar-refractivity contribution in [2.75, 3.05) is 0 Å². The smallest absolute Gasteiger partial charge is 0.253 e. The van der Waals surface area contributed by atoms with Crippen LogP contribution in [0.3, 0.4) is 0 Å². The highest BCUT2D eigenvalue weighted by molar-refractivity contribution is 6.68. The predicted molar refractivity (Wildman–Crippen MR) is 61.4 cm³/mol. The Morgan fingerprint density at radius 1 is 1.50 bits per heavy atom. The molecule has 1 nitrogen and oxygen atoms in total. The van der Waals surface area contributed by atoms with Gasteiger partial charge in [-0.1, -0.05) is 36.9 Å². The molecular weight excluding hydrogens is 196 g/mol. The summed E-state index contributed by atoms with van der Waals surface area (Å²) >= 11 is 5.45. The maximum Gasteiger partial charge on any atom is 0.253 e. The van der Waals surface area contributed by atoms with Gasteiger partial charge in [-0.2, -0.15) is 0 Å². The van der Waals surface area contributed by atoms with Crippen LogP contribution >= 0.6 is 11.6 Å². The molecule has 0 saturated carbocycles. The lowest BCUT2D eigenvalue weighted by Crippen LogP contribution is -1.95. The van der Waals surface area contributed by atoms with Crippen LogP contribution in [0.2, 0.25) is 0 Å². The van der Waals surface area contributed by atoms with Crippen LogP contribution in [0.25, 0.3) is 12.2 Å². The van der Waals surface area contributed by atoms with E-state index in [1.54, 1.807) is 18.2 Å². The van der Waals surface area contributed by atoms with Crippen molar-refractivity contribution in [3.8, 4) is 0 Å². The molecule has 0 aliphatic carbocycles. The highest BCUT2D eigenvalue weighted by atomic mass is 35.5. The summed E-state index contributed by atoms with van der Waals surface area (Å²) in [5.41, 5.74) is 2.23. The van der Waals surface area contributed by atoms with Gasteiger partial charge in [0.05, 0.1) is 0 Å². The van der Waals surface area contributed by atoms with Crippen molar-refractivity contribution in [2.24, 2.45) is 0 Å². The minimum absolute atomic E-state index is 0.453. The van der Waals surface area contributed by atoms with Gasteiger partial charge in [0.2, 0.25) is 0 Å². The van der Waals surface area contributed by atoms with Crippen LogP contribution in [0.1, 0.15) is 28.4 Å². The van der Waals surface area contributed by atoms with Gasteiger partial charge in [-0.25, -0.2) is 0 Å². The van der Waals surface area contributed by atoms with E-state index in [1.165, 1.54) is 0 Å². The molecule has 0 saturated heterocycles. The zero-order valence-electron chi connectivity index (χ0n) is 7.96. The minimum Gasteiger partial charge on any atom is -0.276 e. The summed E-state index contributed by atoms with van der Waals surface area (Å²) in [5.74, 6) is 0. The molecule has 0 aliphatic rings. The lowest BCUT2D eigenvalue weighted by atomic mass is 10.0. The Balaban J connectivity index is 3.39. The van der Waals surface area contributed by atoms with E-state index >= 15 is 0 Å². The van der Waals surface area contributed by atoms with Gasteiger partial charge in [0.15, 0.2) is 0 Å². The van der Waals surface area contributed by atoms with Gasteiger partial charge in [-0.3, -0.25) is 4.79 Å². The van der Waals surface area contributed by atoms with Crippen LogP contribution in [-0.2, 0) is 0 Å². The highest BCUT2D eigenvalue weighted by Crippen LogP contribution is 2.19. The number of benzene rings is 1. The predicted octanol–water partition coefficient (Wildman–Crippen LogP) is 3.74. The monoisotopic (exact) mass is 206 g/mol. The zero-order chi connectivity index (χ0) is 10.6. The van der Waals surface area contributed by atoms with E-state index in [2.05, 4.69) is 6.58 Å². The second-order valence-corrected chi connectivity index (χ2v) is 3.13. The fraction of sp³-hybridized carbons (Fsp3) is 0.0833. The van der Waals surface area contributed by atoms with Crippen LogP contribution in [0, 0.1) is 0 Å². The molecule has 72 valence electrons. The summed E-state index contributed by atoms with van der Waals surface area (Å²) in [7, 11) is 0. The molecule has 1 aromatic carbocycles. The third-order valence-electron chi connectivity index (χ3n) is 1.90. The van der Waals surface area contributed by atoms with E-state index in [-0.39, 0.29) is 0 Å². The summed E-state index contributed by atoms with van der Waals surface area (Å²) in [5, 5.41) is -0.453. The molecule has 1 aromatic rings. The van der Waals surface area contributed by atoms with Crippen molar-refractivity contribution in [1.82, 2.24) is 0 Å². The molecule has 0 spiro atoms. The van der Waals surface area contributed by atoms with Crippen molar-refractivity contribution < 1.29 is 4.79 Å². The van der Waals surface area contributed by atoms with Crippen LogP contribution in [-0.4, -0.2) is 5.24 Å². The van der Waals surface area contributed by atoms with E-state index in [0.717, 1.165) is 11.1 Å². The van der Waals surface area contributed by atoms with Crippen molar-refractivity contribution in [1.29, 1.82) is 0 Å². The van der Waals surface area contributed by atoms with E-state index in [0.29, 0.717) is 5.56 Å². The summed E-state index contributed by atoms with van der Waals surface area (Å²) in [6.45, 7) is 5.59. The van der Waals surface area contributed by atoms with E-state index in [9.17, 15) is 4.79 Å². The first-order chi connectivity index (χ1) is 6.70. The molecule has 0 aliphatic heterocycles. The molecular formula is C12H11ClO. The number of rotatable bonds is 3. The Labute approximate surface area is 88.7 Å². The van der Waals surface area contributed by atoms with E-state index < -0.39 is 5.24 Å². The third kappa shape index (κ3) is 2.12. The second kappa shape index (κ2) is 4.77. The van der Waals surface area contributed by atoms with Crippen LogP contribution in [0.4, 0.5) is 0 Å². The molecule has 0 radical (unpaired) electrons. The standard InChI is InChI=1S/C12H11ClO/c1-3-6-9-7-5-8-11(12(13)14)10(9)4-2/h3-8H,2H2,1H3/b6-3-. The second-order valence-electron chi connectivity index (χ2n) is 2.79. The van der Waals surface area contributed by atoms with Crippen LogP contribution < -0.4 is 0 Å². The highest BCUT2D eigenvalue weighted by Gasteiger charge is 2.08. The molecule has 0 fully saturated rings. The SMILES string of the molecule is C=Cc1c(/C=C\C)cccc1C(=O)Cl. The first-order valence-electron chi connectivity index (χ1n) is 4.28. The Morgan fingerprint density at radius 3 is 2.71 bits per heavy atom. The van der Waals surface area contributed by atoms with Gasteiger partial charge in [-0.05, 0) is 35.7 Å². The Bertz CT molecular complexity index is 391. The number of halogens is 1. The molecule has 14 heavy (non-hydrogen) atoms. The summed E-state index contributed by atoms with van der Waals surface area (Å²) < 4.78 is 0. The number of hydrogen-bond acceptors (Lipinski definition) is 1. The van der Waals surface area contributed by atoms with E-state index in [4.69, 9.17) is 11.6 Å². The zero-order valence-corrected chi connectivity index (χ0v) is 8.71. The first kappa shape index (κ1) is 10.7. The molecule has 0 N–H and O–H groups in total. The molecule has 0 bridgehead atoms. The Morgan fingerprint density at radius 2 is 2.21 bits per heavy atom. The molecule has 0 heterocycles. The number of hydrogen-bond donors (Lipinski definition) is 0. The molecule has 1 rings (SSSR count). The van der Waals surface area contributed by atoms with Gasteiger partial charge in [0.1, 0.15) is 0 Å². The number of carbonyl (C=O) groups is 1. The summed E-state index contributed by atoms with van der Waals surface area (Å²) in [6, 6.07) is 5.41. The lowest BCUT2D eigenvalue weighted by molar-refractivity contribution is 0.108. The largest absolute Gasteiger partial charge is 0.276 e. The summed E-state index contributed by atoms with van der Waals surface area (Å²) in [4.78, 5) is 11.1. The minimum atomic E-state index is -0.453. The molecule has 0 atom stereocenters. The average Bonchev–Trinajstić information content (AvgIpc) is 2.18. The van der Waals surface area contributed by atoms with Gasteiger partial charge >= 0.3 is 0 Å². The van der Waals surface area contributed by atoms with Crippen LogP contribution in [0.15, 0.2) is 30.9 Å². The van der Waals surface area contributed by atoms with E-state index in [1.807, 2.05) is 25.1 Å². The lowest BCUT2D eigenvalue weighted by Gasteiger charge is -2.04. The van der Waals surface area contributed by atoms with Crippen molar-refractivity contribution in [3.63, 3.8) is 0 Å². The van der Waals surface area contributed by atoms with Crippen LogP contribution in [0.5, 0.6) is 0 Å². The van der Waals surface area contributed by atoms with Crippen molar-refractivity contribution in [3.05, 3.63) is 47.5 Å². The Kier molecular flexibility index (Phi) is 3.66. The maximum atomic E-state index is 11.1. The molecule has 0 unspecified atom stereocenters. The average molecular weight is 207 g/mol. The van der Waals surface area contributed by atoms with Gasteiger partial charge in [0.25, 0.3) is 5.24 Å². The summed E-state index contributed by atoms with van der Waals surface area (Å²) in [6.07, 6.45) is 5.47. The van der Waals surface area contributed by atoms with Gasteiger partial charge < -0.3 is 0 Å². The fourth-order valence-corrected chi connectivity index (χ4v) is 1.47. The number of carbonyl (C=O) groups excluding carboxylic acids is 1. The fourth-order valence-electron chi connectivity index (χ4n) is 1.31.